The Morgan fingerprint density at radius 1 is 1.33 bits per heavy atom. The molecule has 1 heterocycles. The Morgan fingerprint density at radius 2 is 2.05 bits per heavy atom. The third-order valence-electron chi connectivity index (χ3n) is 3.51. The van der Waals surface area contributed by atoms with Crippen LogP contribution < -0.4 is 4.74 Å². The summed E-state index contributed by atoms with van der Waals surface area (Å²) in [6.45, 7) is 1.31. The van der Waals surface area contributed by atoms with Crippen molar-refractivity contribution in [3.05, 3.63) is 29.3 Å². The van der Waals surface area contributed by atoms with Gasteiger partial charge in [0.2, 0.25) is 5.91 Å². The van der Waals surface area contributed by atoms with Crippen LogP contribution in [-0.2, 0) is 9.59 Å². The molecule has 0 unspecified atom stereocenters. The Balaban J connectivity index is 1.66. The second kappa shape index (κ2) is 7.31. The van der Waals surface area contributed by atoms with Crippen molar-refractivity contribution in [2.75, 3.05) is 19.7 Å². The number of likely N-dealkylation sites (tertiary alicyclic amines) is 1. The van der Waals surface area contributed by atoms with Crippen LogP contribution in [0.2, 0.25) is 5.02 Å². The minimum atomic E-state index is -0.823. The summed E-state index contributed by atoms with van der Waals surface area (Å²) >= 11 is 5.77. The molecule has 0 saturated carbocycles. The number of amides is 1. The van der Waals surface area contributed by atoms with E-state index in [4.69, 9.17) is 21.4 Å². The number of carbonyl (C=O) groups excluding carboxylic acids is 1. The predicted octanol–water partition coefficient (Wildman–Crippen LogP) is 2.43. The highest BCUT2D eigenvalue weighted by molar-refractivity contribution is 6.30. The quantitative estimate of drug-likeness (QED) is 0.819. The van der Waals surface area contributed by atoms with Crippen LogP contribution in [0, 0.1) is 5.92 Å². The van der Waals surface area contributed by atoms with Crippen molar-refractivity contribution >= 4 is 23.5 Å². The van der Waals surface area contributed by atoms with Crippen LogP contribution in [0.4, 0.5) is 0 Å². The Labute approximate surface area is 128 Å². The fourth-order valence-corrected chi connectivity index (χ4v) is 2.42. The van der Waals surface area contributed by atoms with E-state index in [0.717, 1.165) is 5.75 Å². The second-order valence-corrected chi connectivity index (χ2v) is 5.51. The molecule has 1 atom stereocenters. The molecular formula is C15H18ClNO4. The summed E-state index contributed by atoms with van der Waals surface area (Å²) in [5.41, 5.74) is 0. The summed E-state index contributed by atoms with van der Waals surface area (Å²) in [7, 11) is 0. The number of carbonyl (C=O) groups is 2. The molecule has 6 heteroatoms. The topological polar surface area (TPSA) is 66.8 Å². The lowest BCUT2D eigenvalue weighted by atomic mass is 10.1. The molecule has 1 aliphatic rings. The molecule has 1 aromatic carbocycles. The fourth-order valence-electron chi connectivity index (χ4n) is 2.29. The van der Waals surface area contributed by atoms with E-state index in [1.54, 1.807) is 29.2 Å². The number of nitrogens with zero attached hydrogens (tertiary/aromatic N) is 1. The van der Waals surface area contributed by atoms with Gasteiger partial charge in [-0.15, -0.1) is 0 Å². The smallest absolute Gasteiger partial charge is 0.308 e. The maximum Gasteiger partial charge on any atom is 0.308 e. The number of aliphatic carboxylic acids is 1. The zero-order valence-corrected chi connectivity index (χ0v) is 12.4. The molecule has 114 valence electrons. The molecule has 0 radical (unpaired) electrons. The highest BCUT2D eigenvalue weighted by atomic mass is 35.5. The van der Waals surface area contributed by atoms with Crippen molar-refractivity contribution in [3.63, 3.8) is 0 Å². The van der Waals surface area contributed by atoms with Gasteiger partial charge < -0.3 is 14.7 Å². The summed E-state index contributed by atoms with van der Waals surface area (Å²) in [6.07, 6.45) is 1.53. The van der Waals surface area contributed by atoms with Gasteiger partial charge >= 0.3 is 5.97 Å². The van der Waals surface area contributed by atoms with Gasteiger partial charge in [0.25, 0.3) is 0 Å². The molecule has 1 aromatic rings. The summed E-state index contributed by atoms with van der Waals surface area (Å²) in [4.78, 5) is 24.4. The molecule has 0 aromatic heterocycles. The SMILES string of the molecule is O=C(O)[C@H]1CCN(C(=O)CCCOc2ccc(Cl)cc2)C1. The van der Waals surface area contributed by atoms with Gasteiger partial charge in [-0.25, -0.2) is 0 Å². The van der Waals surface area contributed by atoms with Crippen molar-refractivity contribution in [2.45, 2.75) is 19.3 Å². The molecular weight excluding hydrogens is 294 g/mol. The van der Waals surface area contributed by atoms with Crippen LogP contribution in [-0.4, -0.2) is 41.6 Å². The van der Waals surface area contributed by atoms with E-state index in [1.807, 2.05) is 0 Å². The third kappa shape index (κ3) is 4.63. The number of carboxylic acids is 1. The number of hydrogen-bond acceptors (Lipinski definition) is 3. The Kier molecular flexibility index (Phi) is 5.44. The largest absolute Gasteiger partial charge is 0.494 e. The molecule has 1 fully saturated rings. The lowest BCUT2D eigenvalue weighted by Gasteiger charge is -2.15. The number of benzene rings is 1. The highest BCUT2D eigenvalue weighted by Crippen LogP contribution is 2.18. The van der Waals surface area contributed by atoms with Crippen molar-refractivity contribution in [3.8, 4) is 5.75 Å². The first-order chi connectivity index (χ1) is 10.1. The van der Waals surface area contributed by atoms with E-state index in [-0.39, 0.29) is 5.91 Å². The molecule has 5 nitrogen and oxygen atoms in total. The summed E-state index contributed by atoms with van der Waals surface area (Å²) in [6, 6.07) is 7.06. The fraction of sp³-hybridized carbons (Fsp3) is 0.467. The normalized spacial score (nSPS) is 17.8. The minimum absolute atomic E-state index is 0.00143. The Morgan fingerprint density at radius 3 is 2.67 bits per heavy atom. The number of carboxylic acid groups (broad SMARTS) is 1. The van der Waals surface area contributed by atoms with E-state index in [1.165, 1.54) is 0 Å². The predicted molar refractivity (Wildman–Crippen MR) is 78.5 cm³/mol. The van der Waals surface area contributed by atoms with Crippen LogP contribution in [0.15, 0.2) is 24.3 Å². The Bertz CT molecular complexity index is 503. The highest BCUT2D eigenvalue weighted by Gasteiger charge is 2.30. The average molecular weight is 312 g/mol. The second-order valence-electron chi connectivity index (χ2n) is 5.07. The van der Waals surface area contributed by atoms with Crippen molar-refractivity contribution in [1.82, 2.24) is 4.90 Å². The van der Waals surface area contributed by atoms with Crippen LogP contribution in [0.25, 0.3) is 0 Å². The molecule has 0 spiro atoms. The van der Waals surface area contributed by atoms with Crippen molar-refractivity contribution in [2.24, 2.45) is 5.92 Å². The molecule has 1 amide bonds. The summed E-state index contributed by atoms with van der Waals surface area (Å²) in [5.74, 6) is -0.520. The van der Waals surface area contributed by atoms with Gasteiger partial charge in [-0.2, -0.15) is 0 Å². The van der Waals surface area contributed by atoms with Crippen molar-refractivity contribution in [1.29, 1.82) is 0 Å². The molecule has 1 N–H and O–H groups in total. The van der Waals surface area contributed by atoms with Crippen LogP contribution >= 0.6 is 11.6 Å². The van der Waals surface area contributed by atoms with Gasteiger partial charge in [-0.1, -0.05) is 11.6 Å². The van der Waals surface area contributed by atoms with Crippen LogP contribution in [0.1, 0.15) is 19.3 Å². The van der Waals surface area contributed by atoms with E-state index < -0.39 is 11.9 Å². The first kappa shape index (κ1) is 15.6. The van der Waals surface area contributed by atoms with Crippen LogP contribution in [0.3, 0.4) is 0 Å². The molecule has 0 bridgehead atoms. The van der Waals surface area contributed by atoms with E-state index in [0.29, 0.717) is 44.0 Å². The molecule has 21 heavy (non-hydrogen) atoms. The van der Waals surface area contributed by atoms with Crippen molar-refractivity contribution < 1.29 is 19.4 Å². The number of rotatable bonds is 6. The molecule has 0 aliphatic carbocycles. The van der Waals surface area contributed by atoms with E-state index in [2.05, 4.69) is 0 Å². The van der Waals surface area contributed by atoms with Gasteiger partial charge in [0.1, 0.15) is 5.75 Å². The van der Waals surface area contributed by atoms with Gasteiger partial charge in [-0.05, 0) is 37.1 Å². The standard InChI is InChI=1S/C15H18ClNO4/c16-12-3-5-13(6-4-12)21-9-1-2-14(18)17-8-7-11(10-17)15(19)20/h3-6,11H,1-2,7-10H2,(H,19,20)/t11-/m0/s1. The first-order valence-electron chi connectivity index (χ1n) is 6.95. The molecule has 1 aliphatic heterocycles. The van der Waals surface area contributed by atoms with E-state index in [9.17, 15) is 9.59 Å². The maximum absolute atomic E-state index is 11.9. The van der Waals surface area contributed by atoms with Gasteiger partial charge in [0.15, 0.2) is 0 Å². The first-order valence-corrected chi connectivity index (χ1v) is 7.33. The van der Waals surface area contributed by atoms with E-state index >= 15 is 0 Å². The lowest BCUT2D eigenvalue weighted by molar-refractivity contribution is -0.141. The average Bonchev–Trinajstić information content (AvgIpc) is 2.95. The molecule has 2 rings (SSSR count). The maximum atomic E-state index is 11.9. The number of ether oxygens (including phenoxy) is 1. The summed E-state index contributed by atoms with van der Waals surface area (Å²) in [5, 5.41) is 9.56. The zero-order chi connectivity index (χ0) is 15.2. The van der Waals surface area contributed by atoms with Crippen LogP contribution in [0.5, 0.6) is 5.75 Å². The Hall–Kier alpha value is -1.75. The lowest BCUT2D eigenvalue weighted by Crippen LogP contribution is -2.30. The zero-order valence-electron chi connectivity index (χ0n) is 11.6. The third-order valence-corrected chi connectivity index (χ3v) is 3.76. The molecule has 1 saturated heterocycles. The number of hydrogen-bond donors (Lipinski definition) is 1. The summed E-state index contributed by atoms with van der Waals surface area (Å²) < 4.78 is 5.51. The monoisotopic (exact) mass is 311 g/mol. The number of halogens is 1. The minimum Gasteiger partial charge on any atom is -0.494 e. The van der Waals surface area contributed by atoms with Gasteiger partial charge in [-0.3, -0.25) is 9.59 Å². The van der Waals surface area contributed by atoms with Gasteiger partial charge in [0, 0.05) is 24.5 Å². The van der Waals surface area contributed by atoms with Gasteiger partial charge in [0.05, 0.1) is 12.5 Å².